The van der Waals surface area contributed by atoms with Gasteiger partial charge >= 0.3 is 5.76 Å². The van der Waals surface area contributed by atoms with Gasteiger partial charge in [0.2, 0.25) is 5.91 Å². The standard InChI is InChI=1S/C17H22N2O4/c20-16(18-9-3-11-22-12-13-6-7-13)8-10-19-14-4-1-2-5-15(14)23-17(19)21/h1-2,4-5,13H,3,6-12H2,(H,18,20). The van der Waals surface area contributed by atoms with Gasteiger partial charge in [0, 0.05) is 32.7 Å². The molecule has 0 atom stereocenters. The third-order valence-electron chi connectivity index (χ3n) is 3.97. The Morgan fingerprint density at radius 3 is 3.00 bits per heavy atom. The number of nitrogens with one attached hydrogen (secondary N) is 1. The monoisotopic (exact) mass is 318 g/mol. The molecule has 1 N–H and O–H groups in total. The van der Waals surface area contributed by atoms with Gasteiger partial charge in [0.15, 0.2) is 5.58 Å². The Labute approximate surface area is 134 Å². The quantitative estimate of drug-likeness (QED) is 0.717. The summed E-state index contributed by atoms with van der Waals surface area (Å²) in [7, 11) is 0. The highest BCUT2D eigenvalue weighted by atomic mass is 16.5. The zero-order valence-corrected chi connectivity index (χ0v) is 13.1. The minimum absolute atomic E-state index is 0.0654. The zero-order chi connectivity index (χ0) is 16.1. The first-order valence-corrected chi connectivity index (χ1v) is 8.17. The largest absolute Gasteiger partial charge is 0.419 e. The maximum absolute atomic E-state index is 11.8. The van der Waals surface area contributed by atoms with Gasteiger partial charge in [-0.1, -0.05) is 12.1 Å². The fraction of sp³-hybridized carbons (Fsp3) is 0.529. The predicted octanol–water partition coefficient (Wildman–Crippen LogP) is 1.92. The molecule has 2 aromatic rings. The van der Waals surface area contributed by atoms with Crippen molar-refractivity contribution in [3.63, 3.8) is 0 Å². The smallest absolute Gasteiger partial charge is 0.408 e. The van der Waals surface area contributed by atoms with Gasteiger partial charge in [0.1, 0.15) is 0 Å². The first-order chi connectivity index (χ1) is 11.2. The maximum Gasteiger partial charge on any atom is 0.419 e. The lowest BCUT2D eigenvalue weighted by molar-refractivity contribution is -0.121. The number of hydrogen-bond donors (Lipinski definition) is 1. The minimum Gasteiger partial charge on any atom is -0.408 e. The van der Waals surface area contributed by atoms with Gasteiger partial charge in [-0.2, -0.15) is 0 Å². The summed E-state index contributed by atoms with van der Waals surface area (Å²) in [4.78, 5) is 23.6. The number of aromatic nitrogens is 1. The Balaban J connectivity index is 1.38. The van der Waals surface area contributed by atoms with Crippen LogP contribution in [0.4, 0.5) is 0 Å². The molecule has 0 unspecified atom stereocenters. The van der Waals surface area contributed by atoms with Gasteiger partial charge in [0.05, 0.1) is 5.52 Å². The summed E-state index contributed by atoms with van der Waals surface area (Å²) in [5.74, 6) is 0.282. The Bertz CT molecular complexity index is 715. The first-order valence-electron chi connectivity index (χ1n) is 8.17. The molecular formula is C17H22N2O4. The molecule has 1 aromatic carbocycles. The molecule has 0 bridgehead atoms. The van der Waals surface area contributed by atoms with Crippen LogP contribution in [0.25, 0.3) is 11.1 Å². The van der Waals surface area contributed by atoms with Crippen molar-refractivity contribution in [1.29, 1.82) is 0 Å². The van der Waals surface area contributed by atoms with Crippen LogP contribution in [-0.2, 0) is 16.1 Å². The van der Waals surface area contributed by atoms with Gasteiger partial charge in [-0.15, -0.1) is 0 Å². The second-order valence-corrected chi connectivity index (χ2v) is 5.96. The molecular weight excluding hydrogens is 296 g/mol. The molecule has 1 amide bonds. The van der Waals surface area contributed by atoms with E-state index in [1.807, 2.05) is 18.2 Å². The van der Waals surface area contributed by atoms with Crippen LogP contribution in [0, 0.1) is 5.92 Å². The number of para-hydroxylation sites is 2. The second kappa shape index (κ2) is 7.46. The van der Waals surface area contributed by atoms with Gasteiger partial charge in [-0.3, -0.25) is 9.36 Å². The molecule has 6 heteroatoms. The third-order valence-corrected chi connectivity index (χ3v) is 3.97. The number of hydrogen-bond acceptors (Lipinski definition) is 4. The molecule has 1 aliphatic carbocycles. The minimum atomic E-state index is -0.424. The van der Waals surface area contributed by atoms with Crippen LogP contribution >= 0.6 is 0 Å². The summed E-state index contributed by atoms with van der Waals surface area (Å²) < 4.78 is 12.1. The van der Waals surface area contributed by atoms with E-state index < -0.39 is 5.76 Å². The molecule has 6 nitrogen and oxygen atoms in total. The molecule has 124 valence electrons. The lowest BCUT2D eigenvalue weighted by atomic mass is 10.3. The highest BCUT2D eigenvalue weighted by Crippen LogP contribution is 2.28. The van der Waals surface area contributed by atoms with E-state index in [-0.39, 0.29) is 12.3 Å². The van der Waals surface area contributed by atoms with Crippen molar-refractivity contribution in [2.24, 2.45) is 5.92 Å². The molecule has 23 heavy (non-hydrogen) atoms. The summed E-state index contributed by atoms with van der Waals surface area (Å²) in [6.07, 6.45) is 3.65. The Kier molecular flexibility index (Phi) is 5.12. The highest BCUT2D eigenvalue weighted by Gasteiger charge is 2.20. The molecule has 3 rings (SSSR count). The molecule has 1 aromatic heterocycles. The average Bonchev–Trinajstić information content (AvgIpc) is 3.31. The molecule has 0 saturated heterocycles. The summed E-state index contributed by atoms with van der Waals surface area (Å²) >= 11 is 0. The Morgan fingerprint density at radius 1 is 1.35 bits per heavy atom. The number of carbonyl (C=O) groups is 1. The maximum atomic E-state index is 11.8. The van der Waals surface area contributed by atoms with Crippen molar-refractivity contribution in [3.8, 4) is 0 Å². The normalized spacial score (nSPS) is 14.3. The van der Waals surface area contributed by atoms with E-state index in [1.54, 1.807) is 6.07 Å². The van der Waals surface area contributed by atoms with E-state index >= 15 is 0 Å². The fourth-order valence-electron chi connectivity index (χ4n) is 2.46. The fourth-order valence-corrected chi connectivity index (χ4v) is 2.46. The van der Waals surface area contributed by atoms with Crippen LogP contribution in [0.5, 0.6) is 0 Å². The van der Waals surface area contributed by atoms with E-state index in [0.29, 0.717) is 25.3 Å². The summed E-state index contributed by atoms with van der Waals surface area (Å²) in [5, 5.41) is 2.85. The molecule has 1 aliphatic rings. The van der Waals surface area contributed by atoms with Crippen LogP contribution in [0.3, 0.4) is 0 Å². The number of ether oxygens (including phenoxy) is 1. The molecule has 0 radical (unpaired) electrons. The van der Waals surface area contributed by atoms with Gasteiger partial charge in [0.25, 0.3) is 0 Å². The van der Waals surface area contributed by atoms with Crippen molar-refractivity contribution in [3.05, 3.63) is 34.8 Å². The van der Waals surface area contributed by atoms with E-state index in [4.69, 9.17) is 9.15 Å². The highest BCUT2D eigenvalue weighted by molar-refractivity contribution is 5.76. The van der Waals surface area contributed by atoms with E-state index in [1.165, 1.54) is 17.4 Å². The van der Waals surface area contributed by atoms with Crippen LogP contribution in [0.15, 0.2) is 33.5 Å². The van der Waals surface area contributed by atoms with Gasteiger partial charge in [-0.25, -0.2) is 4.79 Å². The lowest BCUT2D eigenvalue weighted by Gasteiger charge is -2.06. The summed E-state index contributed by atoms with van der Waals surface area (Å²) in [6, 6.07) is 7.22. The molecule has 1 fully saturated rings. The van der Waals surface area contributed by atoms with Crippen molar-refractivity contribution >= 4 is 17.0 Å². The number of amides is 1. The SMILES string of the molecule is O=C(CCn1c(=O)oc2ccccc21)NCCCOCC1CC1. The van der Waals surface area contributed by atoms with Crippen molar-refractivity contribution < 1.29 is 13.9 Å². The first kappa shape index (κ1) is 15.8. The molecule has 0 spiro atoms. The number of carbonyl (C=O) groups excluding carboxylic acids is 1. The summed E-state index contributed by atoms with van der Waals surface area (Å²) in [5.41, 5.74) is 1.27. The van der Waals surface area contributed by atoms with Crippen LogP contribution < -0.4 is 11.1 Å². The topological polar surface area (TPSA) is 73.5 Å². The van der Waals surface area contributed by atoms with Crippen LogP contribution in [-0.4, -0.2) is 30.2 Å². The number of nitrogens with zero attached hydrogens (tertiary/aromatic N) is 1. The molecule has 0 aliphatic heterocycles. The Morgan fingerprint density at radius 2 is 2.17 bits per heavy atom. The summed E-state index contributed by atoms with van der Waals surface area (Å²) in [6.45, 7) is 2.46. The van der Waals surface area contributed by atoms with E-state index in [0.717, 1.165) is 24.5 Å². The van der Waals surface area contributed by atoms with Gasteiger partial charge < -0.3 is 14.5 Å². The second-order valence-electron chi connectivity index (χ2n) is 5.96. The van der Waals surface area contributed by atoms with E-state index in [2.05, 4.69) is 5.32 Å². The number of benzene rings is 1. The molecule has 1 heterocycles. The van der Waals surface area contributed by atoms with E-state index in [9.17, 15) is 9.59 Å². The third kappa shape index (κ3) is 4.45. The number of fused-ring (bicyclic) bond motifs is 1. The van der Waals surface area contributed by atoms with Crippen molar-refractivity contribution in [2.75, 3.05) is 19.8 Å². The van der Waals surface area contributed by atoms with Gasteiger partial charge in [-0.05, 0) is 37.3 Å². The lowest BCUT2D eigenvalue weighted by Crippen LogP contribution is -2.27. The van der Waals surface area contributed by atoms with Crippen molar-refractivity contribution in [1.82, 2.24) is 9.88 Å². The van der Waals surface area contributed by atoms with Crippen LogP contribution in [0.2, 0.25) is 0 Å². The average molecular weight is 318 g/mol. The predicted molar refractivity (Wildman–Crippen MR) is 86.3 cm³/mol. The zero-order valence-electron chi connectivity index (χ0n) is 13.1. The van der Waals surface area contributed by atoms with Crippen LogP contribution in [0.1, 0.15) is 25.7 Å². The van der Waals surface area contributed by atoms with Crippen molar-refractivity contribution in [2.45, 2.75) is 32.2 Å². The number of aryl methyl sites for hydroxylation is 1. The number of oxazole rings is 1. The number of rotatable bonds is 9. The molecule has 1 saturated carbocycles. The Hall–Kier alpha value is -2.08.